The summed E-state index contributed by atoms with van der Waals surface area (Å²) in [6.45, 7) is 2.92. The fourth-order valence-electron chi connectivity index (χ4n) is 4.24. The Kier molecular flexibility index (Phi) is 17.3. The number of rotatable bonds is 21. The first-order valence-corrected chi connectivity index (χ1v) is 14.8. The van der Waals surface area contributed by atoms with Crippen molar-refractivity contribution >= 4 is 41.5 Å². The second-order valence-electron chi connectivity index (χ2n) is 11.1. The first kappa shape index (κ1) is 39.3. The largest absolute Gasteiger partial charge is 0.480 e. The van der Waals surface area contributed by atoms with Gasteiger partial charge in [0.2, 0.25) is 29.5 Å². The van der Waals surface area contributed by atoms with Crippen molar-refractivity contribution in [3.8, 4) is 0 Å². The van der Waals surface area contributed by atoms with Crippen LogP contribution < -0.4 is 44.2 Å². The Morgan fingerprint density at radius 3 is 1.87 bits per heavy atom. The van der Waals surface area contributed by atoms with Gasteiger partial charge in [0.1, 0.15) is 24.2 Å². The molecular formula is C29H47N9O8. The van der Waals surface area contributed by atoms with Gasteiger partial charge in [0, 0.05) is 19.4 Å². The van der Waals surface area contributed by atoms with E-state index in [-0.39, 0.29) is 56.9 Å². The van der Waals surface area contributed by atoms with Gasteiger partial charge in [-0.2, -0.15) is 0 Å². The van der Waals surface area contributed by atoms with E-state index in [0.717, 1.165) is 0 Å². The smallest absolute Gasteiger partial charge is 0.326 e. The van der Waals surface area contributed by atoms with Gasteiger partial charge in [0.05, 0.1) is 12.6 Å². The second kappa shape index (κ2) is 20.3. The Bertz CT molecular complexity index is 1210. The predicted octanol–water partition coefficient (Wildman–Crippen LogP) is -3.06. The molecule has 1 rings (SSSR count). The van der Waals surface area contributed by atoms with Crippen LogP contribution in [0.15, 0.2) is 35.3 Å². The lowest BCUT2D eigenvalue weighted by Gasteiger charge is -2.27. The van der Waals surface area contributed by atoms with Gasteiger partial charge < -0.3 is 54.4 Å². The van der Waals surface area contributed by atoms with Crippen LogP contribution in [0.5, 0.6) is 0 Å². The molecule has 0 spiro atoms. The molecule has 0 aliphatic heterocycles. The van der Waals surface area contributed by atoms with E-state index in [0.29, 0.717) is 5.56 Å². The van der Waals surface area contributed by atoms with Crippen LogP contribution in [0.3, 0.4) is 0 Å². The number of carbonyl (C=O) groups excluding carboxylic acids is 5. The van der Waals surface area contributed by atoms with E-state index in [2.05, 4.69) is 26.3 Å². The van der Waals surface area contributed by atoms with Crippen molar-refractivity contribution in [2.24, 2.45) is 33.8 Å². The van der Waals surface area contributed by atoms with Crippen LogP contribution >= 0.6 is 0 Å². The van der Waals surface area contributed by atoms with Gasteiger partial charge in [-0.1, -0.05) is 44.2 Å². The van der Waals surface area contributed by atoms with E-state index >= 15 is 0 Å². The minimum absolute atomic E-state index is 0.000385. The fraction of sp³-hybridized carbons (Fsp3) is 0.552. The molecule has 1 aromatic carbocycles. The first-order valence-electron chi connectivity index (χ1n) is 14.8. The number of hydrogen-bond donors (Lipinski definition) is 10. The molecule has 0 unspecified atom stereocenters. The summed E-state index contributed by atoms with van der Waals surface area (Å²) in [6, 6.07) is 2.30. The fourth-order valence-corrected chi connectivity index (χ4v) is 4.24. The zero-order chi connectivity index (χ0) is 34.8. The number of nitrogens with one attached hydrogen (secondary N) is 4. The van der Waals surface area contributed by atoms with Crippen molar-refractivity contribution in [2.75, 3.05) is 13.2 Å². The zero-order valence-electron chi connectivity index (χ0n) is 26.1. The van der Waals surface area contributed by atoms with Gasteiger partial charge in [-0.05, 0) is 37.2 Å². The first-order chi connectivity index (χ1) is 21.6. The van der Waals surface area contributed by atoms with Gasteiger partial charge in [-0.15, -0.1) is 0 Å². The third-order valence-electron chi connectivity index (χ3n) is 6.67. The van der Waals surface area contributed by atoms with Crippen LogP contribution in [-0.4, -0.2) is 95.0 Å². The average molecular weight is 650 g/mol. The molecule has 46 heavy (non-hydrogen) atoms. The molecule has 17 nitrogen and oxygen atoms in total. The monoisotopic (exact) mass is 649 g/mol. The summed E-state index contributed by atoms with van der Waals surface area (Å²) in [6.07, 6.45) is 0.138. The number of carboxylic acids is 1. The number of aliphatic hydroxyl groups excluding tert-OH is 1. The van der Waals surface area contributed by atoms with E-state index in [1.54, 1.807) is 44.2 Å². The van der Waals surface area contributed by atoms with E-state index in [9.17, 15) is 39.0 Å². The Hall–Kier alpha value is -4.77. The number of carboxylic acid groups (broad SMARTS) is 1. The minimum atomic E-state index is -1.48. The summed E-state index contributed by atoms with van der Waals surface area (Å²) in [5, 5.41) is 29.3. The number of carbonyl (C=O) groups is 6. The third-order valence-corrected chi connectivity index (χ3v) is 6.67. The predicted molar refractivity (Wildman–Crippen MR) is 168 cm³/mol. The van der Waals surface area contributed by atoms with E-state index in [1.165, 1.54) is 0 Å². The summed E-state index contributed by atoms with van der Waals surface area (Å²) in [5.74, 6) is -5.46. The molecule has 1 aromatic rings. The Labute approximate surface area is 267 Å². The SMILES string of the molecule is CC(C)C[C@H](NC(=O)[C@H](CO)NC(=O)[C@@H](N)CCC(N)=O)C(=O)N[C@@H](Cc1ccccc1)C(=O)N[C@@H](CCCN=C(N)N)C(=O)O. The topological polar surface area (TPSA) is 307 Å². The van der Waals surface area contributed by atoms with Gasteiger partial charge in [0.25, 0.3) is 0 Å². The Morgan fingerprint density at radius 1 is 0.783 bits per heavy atom. The maximum absolute atomic E-state index is 13.5. The van der Waals surface area contributed by atoms with Crippen LogP contribution in [0.4, 0.5) is 0 Å². The van der Waals surface area contributed by atoms with Crippen molar-refractivity contribution in [1.29, 1.82) is 0 Å². The number of aliphatic carboxylic acids is 1. The van der Waals surface area contributed by atoms with Gasteiger partial charge in [-0.3, -0.25) is 29.0 Å². The third kappa shape index (κ3) is 15.3. The number of guanidine groups is 1. The number of amides is 5. The number of nitrogens with zero attached hydrogens (tertiary/aromatic N) is 1. The molecule has 0 saturated heterocycles. The Balaban J connectivity index is 3.13. The van der Waals surface area contributed by atoms with Crippen LogP contribution in [0, 0.1) is 5.92 Å². The average Bonchev–Trinajstić information content (AvgIpc) is 2.98. The van der Waals surface area contributed by atoms with Crippen LogP contribution in [0.25, 0.3) is 0 Å². The molecule has 5 atom stereocenters. The molecule has 14 N–H and O–H groups in total. The van der Waals surface area contributed by atoms with Crippen molar-refractivity contribution in [3.63, 3.8) is 0 Å². The zero-order valence-corrected chi connectivity index (χ0v) is 26.1. The normalized spacial score (nSPS) is 14.1. The van der Waals surface area contributed by atoms with Gasteiger partial charge in [0.15, 0.2) is 5.96 Å². The number of aliphatic hydroxyl groups is 1. The number of aliphatic imine (C=N–C) groups is 1. The second-order valence-corrected chi connectivity index (χ2v) is 11.1. The molecule has 17 heteroatoms. The summed E-state index contributed by atoms with van der Waals surface area (Å²) in [7, 11) is 0. The highest BCUT2D eigenvalue weighted by molar-refractivity contribution is 5.95. The van der Waals surface area contributed by atoms with E-state index in [4.69, 9.17) is 22.9 Å². The van der Waals surface area contributed by atoms with Gasteiger partial charge >= 0.3 is 5.97 Å². The molecule has 0 bridgehead atoms. The molecular weight excluding hydrogens is 602 g/mol. The lowest BCUT2D eigenvalue weighted by molar-refractivity contribution is -0.142. The minimum Gasteiger partial charge on any atom is -0.480 e. The van der Waals surface area contributed by atoms with Crippen molar-refractivity contribution in [3.05, 3.63) is 35.9 Å². The number of primary amides is 1. The van der Waals surface area contributed by atoms with Crippen molar-refractivity contribution in [1.82, 2.24) is 21.3 Å². The van der Waals surface area contributed by atoms with Crippen LogP contribution in [-0.2, 0) is 35.2 Å². The van der Waals surface area contributed by atoms with Gasteiger partial charge in [-0.25, -0.2) is 4.79 Å². The molecule has 0 aliphatic rings. The molecule has 0 saturated carbocycles. The van der Waals surface area contributed by atoms with Crippen LogP contribution in [0.2, 0.25) is 0 Å². The molecule has 0 aromatic heterocycles. The number of hydrogen-bond acceptors (Lipinski definition) is 9. The summed E-state index contributed by atoms with van der Waals surface area (Å²) < 4.78 is 0. The highest BCUT2D eigenvalue weighted by Gasteiger charge is 2.32. The molecule has 0 radical (unpaired) electrons. The molecule has 0 aliphatic carbocycles. The Morgan fingerprint density at radius 2 is 1.33 bits per heavy atom. The summed E-state index contributed by atoms with van der Waals surface area (Å²) in [5.41, 5.74) is 22.1. The molecule has 5 amide bonds. The molecule has 0 heterocycles. The summed E-state index contributed by atoms with van der Waals surface area (Å²) >= 11 is 0. The highest BCUT2D eigenvalue weighted by atomic mass is 16.4. The van der Waals surface area contributed by atoms with E-state index in [1.807, 2.05) is 0 Å². The quantitative estimate of drug-likeness (QED) is 0.0362. The molecule has 256 valence electrons. The lowest BCUT2D eigenvalue weighted by Crippen LogP contribution is -2.59. The maximum atomic E-state index is 13.5. The standard InChI is InChI=1S/C29H47N9O8/c1-16(2)13-20(36-27(44)22(15-39)38-24(41)18(30)10-11-23(31)40)25(42)37-21(14-17-7-4-3-5-8-17)26(43)35-19(28(45)46)9-6-12-34-29(32)33/h3-5,7-8,16,18-22,39H,6,9-15,30H2,1-2H3,(H2,31,40)(H,35,43)(H,36,44)(H,37,42)(H,38,41)(H,45,46)(H4,32,33,34)/t18-,19-,20-,21-,22-/m0/s1. The van der Waals surface area contributed by atoms with Crippen molar-refractivity contribution in [2.45, 2.75) is 82.6 Å². The van der Waals surface area contributed by atoms with E-state index < -0.39 is 72.3 Å². The lowest BCUT2D eigenvalue weighted by atomic mass is 10.0. The molecule has 0 fully saturated rings. The number of nitrogens with two attached hydrogens (primary N) is 4. The summed E-state index contributed by atoms with van der Waals surface area (Å²) in [4.78, 5) is 79.0. The van der Waals surface area contributed by atoms with Crippen LogP contribution in [0.1, 0.15) is 51.5 Å². The maximum Gasteiger partial charge on any atom is 0.326 e. The highest BCUT2D eigenvalue weighted by Crippen LogP contribution is 2.10. The number of benzene rings is 1. The van der Waals surface area contributed by atoms with Crippen molar-refractivity contribution < 1.29 is 39.0 Å².